The van der Waals surface area contributed by atoms with Crippen molar-refractivity contribution in [3.8, 4) is 0 Å². The lowest BCUT2D eigenvalue weighted by Crippen LogP contribution is -2.09. The largest absolute Gasteiger partial charge is 0.311 e. The Labute approximate surface area is 132 Å². The van der Waals surface area contributed by atoms with Gasteiger partial charge in [-0.1, -0.05) is 42.5 Å². The summed E-state index contributed by atoms with van der Waals surface area (Å²) in [6.45, 7) is 0. The predicted molar refractivity (Wildman–Crippen MR) is 86.8 cm³/mol. The van der Waals surface area contributed by atoms with Crippen LogP contribution in [0.15, 0.2) is 59.8 Å². The molecule has 4 aromatic rings. The lowest BCUT2D eigenvalue weighted by Gasteiger charge is -2.02. The zero-order valence-corrected chi connectivity index (χ0v) is 13.2. The van der Waals surface area contributed by atoms with E-state index in [2.05, 4.69) is 10.2 Å². The third kappa shape index (κ3) is 2.12. The van der Waals surface area contributed by atoms with Crippen molar-refractivity contribution in [1.82, 2.24) is 19.2 Å². The number of aryl methyl sites for hydroxylation is 1. The van der Waals surface area contributed by atoms with Crippen LogP contribution in [-0.4, -0.2) is 27.6 Å². The number of hydrogen-bond acceptors (Lipinski definition) is 4. The second kappa shape index (κ2) is 4.92. The Morgan fingerprint density at radius 3 is 2.30 bits per heavy atom. The van der Waals surface area contributed by atoms with Crippen molar-refractivity contribution in [3.05, 3.63) is 60.2 Å². The monoisotopic (exact) mass is 326 g/mol. The zero-order valence-electron chi connectivity index (χ0n) is 12.4. The molecule has 0 saturated carbocycles. The zero-order chi connectivity index (χ0) is 16.0. The van der Waals surface area contributed by atoms with Gasteiger partial charge < -0.3 is 4.57 Å². The van der Waals surface area contributed by atoms with Crippen LogP contribution < -0.4 is 0 Å². The Bertz CT molecular complexity index is 1110. The van der Waals surface area contributed by atoms with Gasteiger partial charge in [0.25, 0.3) is 5.16 Å². The molecular formula is C16H14N4O2S. The van der Waals surface area contributed by atoms with Gasteiger partial charge in [-0.3, -0.25) is 0 Å². The molecule has 0 amide bonds. The fourth-order valence-corrected chi connectivity index (χ4v) is 4.18. The summed E-state index contributed by atoms with van der Waals surface area (Å²) in [5.74, 6) is 0.413. The highest BCUT2D eigenvalue weighted by Gasteiger charge is 2.25. The van der Waals surface area contributed by atoms with E-state index in [-0.39, 0.29) is 10.9 Å². The molecule has 0 fully saturated rings. The van der Waals surface area contributed by atoms with E-state index in [0.717, 1.165) is 16.6 Å². The number of sulfone groups is 1. The molecule has 0 saturated heterocycles. The molecule has 4 rings (SSSR count). The second-order valence-electron chi connectivity index (χ2n) is 5.41. The van der Waals surface area contributed by atoms with E-state index in [1.165, 1.54) is 0 Å². The van der Waals surface area contributed by atoms with E-state index in [4.69, 9.17) is 0 Å². The van der Waals surface area contributed by atoms with Crippen LogP contribution in [0.5, 0.6) is 0 Å². The Morgan fingerprint density at radius 2 is 1.57 bits per heavy atom. The number of fused-ring (bicyclic) bond motifs is 3. The van der Waals surface area contributed by atoms with Gasteiger partial charge in [-0.25, -0.2) is 12.8 Å². The van der Waals surface area contributed by atoms with Crippen LogP contribution in [0.4, 0.5) is 0 Å². The van der Waals surface area contributed by atoms with Crippen LogP contribution in [0.2, 0.25) is 0 Å². The quantitative estimate of drug-likeness (QED) is 0.579. The summed E-state index contributed by atoms with van der Waals surface area (Å²) in [5.41, 5.74) is 2.42. The van der Waals surface area contributed by atoms with Crippen LogP contribution >= 0.6 is 0 Å². The van der Waals surface area contributed by atoms with Crippen molar-refractivity contribution in [3.63, 3.8) is 0 Å². The molecule has 0 aliphatic carbocycles. The molecule has 2 heterocycles. The SMILES string of the molecule is Cn1c2ccccc2n2c(S(=O)(=O)Cc3ccccc3)nnc12. The third-order valence-corrected chi connectivity index (χ3v) is 5.41. The number of para-hydroxylation sites is 2. The van der Waals surface area contributed by atoms with Gasteiger partial charge in [-0.2, -0.15) is 0 Å². The predicted octanol–water partition coefficient (Wildman–Crippen LogP) is 2.19. The molecule has 0 atom stereocenters. The van der Waals surface area contributed by atoms with Crippen molar-refractivity contribution < 1.29 is 8.42 Å². The lowest BCUT2D eigenvalue weighted by molar-refractivity contribution is 0.585. The van der Waals surface area contributed by atoms with Crippen molar-refractivity contribution in [2.75, 3.05) is 0 Å². The molecule has 0 unspecified atom stereocenters. The number of hydrogen-bond donors (Lipinski definition) is 0. The average Bonchev–Trinajstić information content (AvgIpc) is 3.10. The smallest absolute Gasteiger partial charge is 0.256 e. The summed E-state index contributed by atoms with van der Waals surface area (Å²) in [6.07, 6.45) is 0. The van der Waals surface area contributed by atoms with Crippen molar-refractivity contribution >= 4 is 26.6 Å². The molecule has 0 radical (unpaired) electrons. The highest BCUT2D eigenvalue weighted by molar-refractivity contribution is 7.90. The summed E-state index contributed by atoms with van der Waals surface area (Å²) in [4.78, 5) is 0. The minimum Gasteiger partial charge on any atom is -0.311 e. The first-order chi connectivity index (χ1) is 11.1. The van der Waals surface area contributed by atoms with Gasteiger partial charge >= 0.3 is 0 Å². The molecule has 0 spiro atoms. The fourth-order valence-electron chi connectivity index (χ4n) is 2.79. The van der Waals surface area contributed by atoms with Crippen LogP contribution in [0, 0.1) is 0 Å². The van der Waals surface area contributed by atoms with E-state index in [0.29, 0.717) is 5.78 Å². The van der Waals surface area contributed by atoms with Gasteiger partial charge in [-0.05, 0) is 17.7 Å². The van der Waals surface area contributed by atoms with Gasteiger partial charge in [-0.15, -0.1) is 10.2 Å². The Balaban J connectivity index is 1.94. The van der Waals surface area contributed by atoms with Gasteiger partial charge in [0.05, 0.1) is 16.8 Å². The molecule has 6 nitrogen and oxygen atoms in total. The van der Waals surface area contributed by atoms with Crippen LogP contribution in [0.1, 0.15) is 5.56 Å². The van der Waals surface area contributed by atoms with Crippen molar-refractivity contribution in [2.45, 2.75) is 10.9 Å². The molecule has 0 N–H and O–H groups in total. The summed E-state index contributed by atoms with van der Waals surface area (Å²) < 4.78 is 29.0. The van der Waals surface area contributed by atoms with E-state index in [9.17, 15) is 8.42 Å². The standard InChI is InChI=1S/C16H14N4O2S/c1-19-13-9-5-6-10-14(13)20-15(19)17-18-16(20)23(21,22)11-12-7-3-2-4-8-12/h2-10H,11H2,1H3. The number of nitrogens with zero attached hydrogens (tertiary/aromatic N) is 4. The third-order valence-electron chi connectivity index (χ3n) is 3.88. The summed E-state index contributed by atoms with van der Waals surface area (Å²) >= 11 is 0. The minimum absolute atomic E-state index is 0.0202. The molecule has 7 heteroatoms. The maximum atomic E-state index is 12.8. The lowest BCUT2D eigenvalue weighted by atomic mass is 10.2. The Kier molecular flexibility index (Phi) is 2.99. The second-order valence-corrected chi connectivity index (χ2v) is 7.29. The maximum absolute atomic E-state index is 12.8. The number of benzene rings is 2. The van der Waals surface area contributed by atoms with Crippen molar-refractivity contribution in [1.29, 1.82) is 0 Å². The molecule has 0 aliphatic heterocycles. The molecule has 0 aliphatic rings. The number of rotatable bonds is 3. The van der Waals surface area contributed by atoms with Gasteiger partial charge in [0.2, 0.25) is 15.6 Å². The maximum Gasteiger partial charge on any atom is 0.256 e. The van der Waals surface area contributed by atoms with Gasteiger partial charge in [0, 0.05) is 7.05 Å². The van der Waals surface area contributed by atoms with Crippen molar-refractivity contribution in [2.24, 2.45) is 7.05 Å². The first-order valence-electron chi connectivity index (χ1n) is 7.13. The normalized spacial score (nSPS) is 12.2. The number of aromatic nitrogens is 4. The molecule has 116 valence electrons. The summed E-state index contributed by atoms with van der Waals surface area (Å²) in [6, 6.07) is 16.7. The molecule has 2 aromatic heterocycles. The Hall–Kier alpha value is -2.67. The van der Waals surface area contributed by atoms with E-state index in [1.54, 1.807) is 16.5 Å². The first-order valence-corrected chi connectivity index (χ1v) is 8.78. The van der Waals surface area contributed by atoms with Crippen LogP contribution in [-0.2, 0) is 22.6 Å². The summed E-state index contributed by atoms with van der Waals surface area (Å²) in [5, 5.41) is 7.98. The van der Waals surface area contributed by atoms with Crippen LogP contribution in [0.3, 0.4) is 0 Å². The van der Waals surface area contributed by atoms with E-state index >= 15 is 0 Å². The summed E-state index contributed by atoms with van der Waals surface area (Å²) in [7, 11) is -1.75. The molecule has 0 bridgehead atoms. The highest BCUT2D eigenvalue weighted by atomic mass is 32.2. The molecule has 2 aromatic carbocycles. The van der Waals surface area contributed by atoms with E-state index < -0.39 is 9.84 Å². The number of imidazole rings is 1. The van der Waals surface area contributed by atoms with Gasteiger partial charge in [0.15, 0.2) is 0 Å². The average molecular weight is 326 g/mol. The first kappa shape index (κ1) is 14.0. The molecule has 23 heavy (non-hydrogen) atoms. The van der Waals surface area contributed by atoms with E-state index in [1.807, 2.05) is 54.1 Å². The van der Waals surface area contributed by atoms with Gasteiger partial charge in [0.1, 0.15) is 0 Å². The Morgan fingerprint density at radius 1 is 0.913 bits per heavy atom. The topological polar surface area (TPSA) is 69.3 Å². The minimum atomic E-state index is -3.60. The van der Waals surface area contributed by atoms with Crippen LogP contribution in [0.25, 0.3) is 16.8 Å². The highest BCUT2D eigenvalue weighted by Crippen LogP contribution is 2.23. The fraction of sp³-hybridized carbons (Fsp3) is 0.125. The molecular weight excluding hydrogens is 312 g/mol.